The van der Waals surface area contributed by atoms with Gasteiger partial charge in [-0.25, -0.2) is 13.8 Å². The van der Waals surface area contributed by atoms with Crippen LogP contribution in [0.4, 0.5) is 0 Å². The normalized spacial score (nSPS) is 16.8. The fourth-order valence-electron chi connectivity index (χ4n) is 3.53. The number of amides is 1. The number of nitrogens with zero attached hydrogens (tertiary/aromatic N) is 2. The Morgan fingerprint density at radius 1 is 1.21 bits per heavy atom. The van der Waals surface area contributed by atoms with Crippen LogP contribution >= 0.6 is 11.6 Å². The molecule has 1 fully saturated rings. The smallest absolute Gasteiger partial charge is 0.258 e. The molecule has 1 heterocycles. The number of halogens is 1. The molecule has 1 atom stereocenters. The largest absolute Gasteiger partial charge is 0.490 e. The molecule has 0 spiro atoms. The van der Waals surface area contributed by atoms with Crippen LogP contribution in [0.1, 0.15) is 39.2 Å². The van der Waals surface area contributed by atoms with Gasteiger partial charge in [0.1, 0.15) is 6.04 Å². The van der Waals surface area contributed by atoms with Crippen LogP contribution in [-0.2, 0) is 14.8 Å². The highest BCUT2D eigenvalue weighted by Gasteiger charge is 2.39. The molecule has 1 saturated heterocycles. The molecule has 3 rings (SSSR count). The third-order valence-electron chi connectivity index (χ3n) is 5.15. The lowest BCUT2D eigenvalue weighted by molar-refractivity contribution is -0.124. The fraction of sp³-hybridized carbons (Fsp3) is 0.417. The second-order valence-corrected chi connectivity index (χ2v) is 10.6. The van der Waals surface area contributed by atoms with Crippen LogP contribution in [0.5, 0.6) is 11.5 Å². The summed E-state index contributed by atoms with van der Waals surface area (Å²) in [5.41, 5.74) is 3.18. The fourth-order valence-corrected chi connectivity index (χ4v) is 5.31. The van der Waals surface area contributed by atoms with Crippen LogP contribution in [0, 0.1) is 5.92 Å². The Morgan fingerprint density at radius 3 is 2.62 bits per heavy atom. The lowest BCUT2D eigenvalue weighted by Crippen LogP contribution is -2.44. The van der Waals surface area contributed by atoms with Crippen molar-refractivity contribution in [3.05, 3.63) is 53.1 Å². The highest BCUT2D eigenvalue weighted by molar-refractivity contribution is 7.89. The second-order valence-electron chi connectivity index (χ2n) is 8.31. The first-order valence-electron chi connectivity index (χ1n) is 11.2. The van der Waals surface area contributed by atoms with Crippen molar-refractivity contribution in [3.8, 4) is 11.5 Å². The summed E-state index contributed by atoms with van der Waals surface area (Å²) in [5, 5.41) is 4.47. The first-order valence-corrected chi connectivity index (χ1v) is 13.0. The van der Waals surface area contributed by atoms with Crippen molar-refractivity contribution in [2.75, 3.05) is 19.8 Å². The van der Waals surface area contributed by atoms with Crippen molar-refractivity contribution in [1.82, 2.24) is 9.73 Å². The molecule has 0 radical (unpaired) electrons. The molecular weight excluding hydrogens is 478 g/mol. The average Bonchev–Trinajstić information content (AvgIpc) is 3.30. The molecule has 0 saturated carbocycles. The van der Waals surface area contributed by atoms with E-state index < -0.39 is 22.0 Å². The summed E-state index contributed by atoms with van der Waals surface area (Å²) < 4.78 is 38.7. The number of benzene rings is 2. The van der Waals surface area contributed by atoms with E-state index in [1.165, 1.54) is 34.8 Å². The van der Waals surface area contributed by atoms with Crippen LogP contribution in [0.15, 0.2) is 52.5 Å². The molecule has 184 valence electrons. The van der Waals surface area contributed by atoms with E-state index >= 15 is 0 Å². The van der Waals surface area contributed by atoms with Crippen molar-refractivity contribution >= 4 is 33.7 Å². The Kier molecular flexibility index (Phi) is 8.93. The molecular formula is C24H30ClN3O5S. The molecule has 1 aliphatic rings. The monoisotopic (exact) mass is 507 g/mol. The maximum absolute atomic E-state index is 13.0. The van der Waals surface area contributed by atoms with Gasteiger partial charge in [-0.05, 0) is 73.7 Å². The summed E-state index contributed by atoms with van der Waals surface area (Å²) in [7, 11) is -3.82. The Morgan fingerprint density at radius 2 is 1.94 bits per heavy atom. The van der Waals surface area contributed by atoms with Gasteiger partial charge in [0.2, 0.25) is 10.0 Å². The van der Waals surface area contributed by atoms with E-state index in [1.54, 1.807) is 18.2 Å². The molecule has 0 aromatic heterocycles. The number of hydrogen-bond acceptors (Lipinski definition) is 6. The summed E-state index contributed by atoms with van der Waals surface area (Å²) in [5.74, 6) is 1.14. The second kappa shape index (κ2) is 11.7. The third kappa shape index (κ3) is 6.49. The Labute approximate surface area is 205 Å². The minimum Gasteiger partial charge on any atom is -0.490 e. The van der Waals surface area contributed by atoms with Gasteiger partial charge in [-0.15, -0.1) is 0 Å². The predicted octanol–water partition coefficient (Wildman–Crippen LogP) is 4.08. The third-order valence-corrected chi connectivity index (χ3v) is 7.33. The Hall–Kier alpha value is -2.62. The van der Waals surface area contributed by atoms with Crippen molar-refractivity contribution in [3.63, 3.8) is 0 Å². The van der Waals surface area contributed by atoms with Crippen molar-refractivity contribution in [2.45, 2.75) is 44.6 Å². The van der Waals surface area contributed by atoms with Gasteiger partial charge in [0, 0.05) is 11.6 Å². The topological polar surface area (TPSA) is 97.3 Å². The minimum absolute atomic E-state index is 0.100. The SMILES string of the molecule is CCOc1cc(/C=N\NC(=O)[C@H]2CCCN2S(=O)(=O)c2ccc(Cl)cc2)ccc1OCC(C)C. The van der Waals surface area contributed by atoms with E-state index in [-0.39, 0.29) is 11.4 Å². The minimum atomic E-state index is -3.82. The molecule has 0 aliphatic carbocycles. The van der Waals surface area contributed by atoms with E-state index in [9.17, 15) is 13.2 Å². The van der Waals surface area contributed by atoms with Gasteiger partial charge in [0.25, 0.3) is 5.91 Å². The van der Waals surface area contributed by atoms with Gasteiger partial charge >= 0.3 is 0 Å². The highest BCUT2D eigenvalue weighted by atomic mass is 35.5. The number of carbonyl (C=O) groups excluding carboxylic acids is 1. The zero-order chi connectivity index (χ0) is 24.7. The quantitative estimate of drug-likeness (QED) is 0.386. The van der Waals surface area contributed by atoms with Gasteiger partial charge in [-0.2, -0.15) is 9.41 Å². The number of ether oxygens (including phenoxy) is 2. The summed E-state index contributed by atoms with van der Waals surface area (Å²) in [6, 6.07) is 10.5. The van der Waals surface area contributed by atoms with E-state index in [0.29, 0.717) is 54.1 Å². The van der Waals surface area contributed by atoms with Crippen molar-refractivity contribution in [1.29, 1.82) is 0 Å². The molecule has 1 N–H and O–H groups in total. The van der Waals surface area contributed by atoms with E-state index in [1.807, 2.05) is 6.92 Å². The lowest BCUT2D eigenvalue weighted by Gasteiger charge is -2.22. The van der Waals surface area contributed by atoms with Crippen LogP contribution in [0.25, 0.3) is 0 Å². The van der Waals surface area contributed by atoms with Crippen molar-refractivity contribution < 1.29 is 22.7 Å². The molecule has 34 heavy (non-hydrogen) atoms. The lowest BCUT2D eigenvalue weighted by atomic mass is 10.2. The standard InChI is InChI=1S/C24H30ClN3O5S/c1-4-32-23-14-18(7-12-22(23)33-16-17(2)3)15-26-27-24(29)21-6-5-13-28(21)34(30,31)20-10-8-19(25)9-11-20/h7-12,14-15,17,21H,4-6,13,16H2,1-3H3,(H,27,29)/b26-15-/t21-/m1/s1. The molecule has 8 nitrogen and oxygen atoms in total. The van der Waals surface area contributed by atoms with Gasteiger partial charge in [0.05, 0.1) is 24.3 Å². The number of sulfonamides is 1. The first-order chi connectivity index (χ1) is 16.2. The Bertz CT molecular complexity index is 1120. The summed E-state index contributed by atoms with van der Waals surface area (Å²) in [6.07, 6.45) is 2.49. The van der Waals surface area contributed by atoms with Crippen LogP contribution < -0.4 is 14.9 Å². The summed E-state index contributed by atoms with van der Waals surface area (Å²) >= 11 is 5.87. The molecule has 1 aliphatic heterocycles. The first kappa shape index (κ1) is 26.0. The van der Waals surface area contributed by atoms with Gasteiger partial charge < -0.3 is 9.47 Å². The number of carbonyl (C=O) groups is 1. The molecule has 0 bridgehead atoms. The van der Waals surface area contributed by atoms with Crippen LogP contribution in [-0.4, -0.2) is 50.6 Å². The van der Waals surface area contributed by atoms with E-state index in [2.05, 4.69) is 24.4 Å². The highest BCUT2D eigenvalue weighted by Crippen LogP contribution is 2.29. The Balaban J connectivity index is 1.68. The zero-order valence-corrected chi connectivity index (χ0v) is 21.1. The van der Waals surface area contributed by atoms with E-state index in [4.69, 9.17) is 21.1 Å². The summed E-state index contributed by atoms with van der Waals surface area (Å²) in [6.45, 7) is 7.34. The van der Waals surface area contributed by atoms with Gasteiger partial charge in [-0.3, -0.25) is 4.79 Å². The molecule has 2 aromatic carbocycles. The van der Waals surface area contributed by atoms with Gasteiger partial charge in [-0.1, -0.05) is 25.4 Å². The number of hydrogen-bond donors (Lipinski definition) is 1. The maximum Gasteiger partial charge on any atom is 0.258 e. The van der Waals surface area contributed by atoms with E-state index in [0.717, 1.165) is 0 Å². The number of nitrogens with one attached hydrogen (secondary N) is 1. The number of hydrazone groups is 1. The molecule has 10 heteroatoms. The average molecular weight is 508 g/mol. The summed E-state index contributed by atoms with van der Waals surface area (Å²) in [4.78, 5) is 12.9. The number of rotatable bonds is 10. The van der Waals surface area contributed by atoms with Gasteiger partial charge in [0.15, 0.2) is 11.5 Å². The molecule has 2 aromatic rings. The molecule has 0 unspecified atom stereocenters. The van der Waals surface area contributed by atoms with Crippen LogP contribution in [0.3, 0.4) is 0 Å². The zero-order valence-electron chi connectivity index (χ0n) is 19.5. The predicted molar refractivity (Wildman–Crippen MR) is 132 cm³/mol. The van der Waals surface area contributed by atoms with Crippen LogP contribution in [0.2, 0.25) is 5.02 Å². The molecule has 1 amide bonds. The maximum atomic E-state index is 13.0. The van der Waals surface area contributed by atoms with Crippen molar-refractivity contribution in [2.24, 2.45) is 11.0 Å².